The molecule has 0 radical (unpaired) electrons. The fraction of sp³-hybridized carbons (Fsp3) is 0.273. The summed E-state index contributed by atoms with van der Waals surface area (Å²) in [6.07, 6.45) is 0. The Morgan fingerprint density at radius 1 is 1.44 bits per heavy atom. The fourth-order valence-electron chi connectivity index (χ4n) is 1.98. The molecular formula is C11H12N4O3. The number of amides is 1. The maximum absolute atomic E-state index is 11.3. The maximum Gasteiger partial charge on any atom is 0.325 e. The highest BCUT2D eigenvalue weighted by atomic mass is 16.4. The van der Waals surface area contributed by atoms with Gasteiger partial charge in [-0.25, -0.2) is 0 Å². The number of carbonyl (C=O) groups is 2. The van der Waals surface area contributed by atoms with Gasteiger partial charge in [-0.15, -0.1) is 0 Å². The smallest absolute Gasteiger partial charge is 0.325 e. The number of carboxylic acids is 1. The van der Waals surface area contributed by atoms with Gasteiger partial charge < -0.3 is 10.8 Å². The second kappa shape index (κ2) is 4.10. The Bertz CT molecular complexity index is 660. The van der Waals surface area contributed by atoms with Gasteiger partial charge >= 0.3 is 5.97 Å². The minimum atomic E-state index is -1.05. The van der Waals surface area contributed by atoms with Crippen molar-refractivity contribution in [3.05, 3.63) is 23.1 Å². The Morgan fingerprint density at radius 2 is 2.11 bits per heavy atom. The van der Waals surface area contributed by atoms with Crippen molar-refractivity contribution in [2.75, 3.05) is 0 Å². The van der Waals surface area contributed by atoms with Gasteiger partial charge in [-0.2, -0.15) is 5.10 Å². The number of pyridine rings is 1. The average Bonchev–Trinajstić information content (AvgIpc) is 2.55. The van der Waals surface area contributed by atoms with E-state index in [1.165, 1.54) is 4.68 Å². The Kier molecular flexibility index (Phi) is 2.74. The lowest BCUT2D eigenvalue weighted by molar-refractivity contribution is -0.137. The molecule has 0 spiro atoms. The molecule has 2 heterocycles. The van der Waals surface area contributed by atoms with E-state index in [9.17, 15) is 9.59 Å². The first-order chi connectivity index (χ1) is 8.40. The molecule has 2 aromatic heterocycles. The van der Waals surface area contributed by atoms with Crippen molar-refractivity contribution >= 4 is 22.8 Å². The van der Waals surface area contributed by atoms with Crippen LogP contribution >= 0.6 is 0 Å². The molecule has 0 fully saturated rings. The summed E-state index contributed by atoms with van der Waals surface area (Å²) in [7, 11) is 0. The first-order valence-corrected chi connectivity index (χ1v) is 5.26. The third-order valence-corrected chi connectivity index (χ3v) is 2.55. The summed E-state index contributed by atoms with van der Waals surface area (Å²) >= 11 is 0. The van der Waals surface area contributed by atoms with Gasteiger partial charge in [-0.3, -0.25) is 19.3 Å². The van der Waals surface area contributed by atoms with Gasteiger partial charge in [0, 0.05) is 11.1 Å². The number of aliphatic carboxylic acids is 1. The van der Waals surface area contributed by atoms with Crippen LogP contribution in [-0.2, 0) is 11.3 Å². The number of aryl methyl sites for hydroxylation is 2. The molecule has 0 saturated carbocycles. The van der Waals surface area contributed by atoms with Crippen LogP contribution in [0.1, 0.15) is 21.9 Å². The lowest BCUT2D eigenvalue weighted by Crippen LogP contribution is -2.14. The highest BCUT2D eigenvalue weighted by Crippen LogP contribution is 2.21. The average molecular weight is 248 g/mol. The predicted molar refractivity (Wildman–Crippen MR) is 63.2 cm³/mol. The van der Waals surface area contributed by atoms with Crippen molar-refractivity contribution < 1.29 is 14.7 Å². The first-order valence-electron chi connectivity index (χ1n) is 5.26. The minimum absolute atomic E-state index is 0.0693. The van der Waals surface area contributed by atoms with Crippen LogP contribution in [0.15, 0.2) is 6.07 Å². The van der Waals surface area contributed by atoms with Gasteiger partial charge in [0.05, 0.1) is 11.2 Å². The number of rotatable bonds is 3. The van der Waals surface area contributed by atoms with E-state index in [4.69, 9.17) is 10.8 Å². The fourth-order valence-corrected chi connectivity index (χ4v) is 1.98. The van der Waals surface area contributed by atoms with Crippen LogP contribution in [0.25, 0.3) is 10.9 Å². The summed E-state index contributed by atoms with van der Waals surface area (Å²) in [6, 6.07) is 1.67. The van der Waals surface area contributed by atoms with Crippen molar-refractivity contribution in [2.24, 2.45) is 5.73 Å². The normalized spacial score (nSPS) is 10.8. The highest BCUT2D eigenvalue weighted by Gasteiger charge is 2.18. The Labute approximate surface area is 102 Å². The maximum atomic E-state index is 11.3. The molecule has 7 heteroatoms. The molecule has 2 rings (SSSR count). The standard InChI is InChI=1S/C11H12N4O3/c1-5-3-7-9(11(12)18)14-15(4-8(16)17)10(7)6(2)13-5/h3H,4H2,1-2H3,(H2,12,18)(H,16,17). The van der Waals surface area contributed by atoms with Crippen molar-refractivity contribution in [1.82, 2.24) is 14.8 Å². The molecule has 0 unspecified atom stereocenters. The number of hydrogen-bond acceptors (Lipinski definition) is 4. The second-order valence-electron chi connectivity index (χ2n) is 4.01. The van der Waals surface area contributed by atoms with Crippen molar-refractivity contribution in [3.63, 3.8) is 0 Å². The van der Waals surface area contributed by atoms with E-state index in [1.54, 1.807) is 19.9 Å². The van der Waals surface area contributed by atoms with E-state index in [2.05, 4.69) is 10.1 Å². The number of hydrogen-bond donors (Lipinski definition) is 2. The lowest BCUT2D eigenvalue weighted by atomic mass is 10.2. The molecular weight excluding hydrogens is 236 g/mol. The van der Waals surface area contributed by atoms with Crippen molar-refractivity contribution in [1.29, 1.82) is 0 Å². The van der Waals surface area contributed by atoms with Gasteiger partial charge in [-0.1, -0.05) is 0 Å². The largest absolute Gasteiger partial charge is 0.480 e. The number of carbonyl (C=O) groups excluding carboxylic acids is 1. The molecule has 0 atom stereocenters. The van der Waals surface area contributed by atoms with Crippen LogP contribution in [0.5, 0.6) is 0 Å². The van der Waals surface area contributed by atoms with Gasteiger partial charge in [0.15, 0.2) is 5.69 Å². The van der Waals surface area contributed by atoms with E-state index in [0.29, 0.717) is 16.6 Å². The molecule has 0 aliphatic heterocycles. The topological polar surface area (TPSA) is 111 Å². The summed E-state index contributed by atoms with van der Waals surface area (Å²) in [5.74, 6) is -1.73. The molecule has 7 nitrogen and oxygen atoms in total. The summed E-state index contributed by atoms with van der Waals surface area (Å²) < 4.78 is 1.24. The third-order valence-electron chi connectivity index (χ3n) is 2.55. The number of nitrogens with two attached hydrogens (primary N) is 1. The van der Waals surface area contributed by atoms with Gasteiger partial charge in [0.1, 0.15) is 6.54 Å². The van der Waals surface area contributed by atoms with E-state index in [0.717, 1.165) is 5.69 Å². The monoisotopic (exact) mass is 248 g/mol. The Morgan fingerprint density at radius 3 is 2.67 bits per heavy atom. The number of aromatic nitrogens is 3. The molecule has 0 bridgehead atoms. The van der Waals surface area contributed by atoms with E-state index < -0.39 is 11.9 Å². The lowest BCUT2D eigenvalue weighted by Gasteiger charge is -2.02. The molecule has 94 valence electrons. The quantitative estimate of drug-likeness (QED) is 0.807. The molecule has 2 aromatic rings. The number of primary amides is 1. The van der Waals surface area contributed by atoms with E-state index in [-0.39, 0.29) is 12.2 Å². The molecule has 0 aliphatic rings. The van der Waals surface area contributed by atoms with Crippen LogP contribution in [-0.4, -0.2) is 31.7 Å². The van der Waals surface area contributed by atoms with Crippen LogP contribution in [0.4, 0.5) is 0 Å². The summed E-state index contributed by atoms with van der Waals surface area (Å²) in [5, 5.41) is 13.3. The number of carboxylic acid groups (broad SMARTS) is 1. The number of nitrogens with zero attached hydrogens (tertiary/aromatic N) is 3. The van der Waals surface area contributed by atoms with Gasteiger partial charge in [0.2, 0.25) is 0 Å². The molecule has 1 amide bonds. The van der Waals surface area contributed by atoms with Crippen molar-refractivity contribution in [3.8, 4) is 0 Å². The zero-order valence-electron chi connectivity index (χ0n) is 9.97. The van der Waals surface area contributed by atoms with Crippen LogP contribution in [0, 0.1) is 13.8 Å². The highest BCUT2D eigenvalue weighted by molar-refractivity contribution is 6.04. The molecule has 0 aromatic carbocycles. The zero-order chi connectivity index (χ0) is 13.4. The predicted octanol–water partition coefficient (Wildman–Crippen LogP) is 0.232. The molecule has 3 N–H and O–H groups in total. The van der Waals surface area contributed by atoms with E-state index in [1.807, 2.05) is 0 Å². The van der Waals surface area contributed by atoms with Gasteiger partial charge in [-0.05, 0) is 19.9 Å². The van der Waals surface area contributed by atoms with Crippen molar-refractivity contribution in [2.45, 2.75) is 20.4 Å². The second-order valence-corrected chi connectivity index (χ2v) is 4.01. The molecule has 0 saturated heterocycles. The van der Waals surface area contributed by atoms with Crippen LogP contribution in [0.2, 0.25) is 0 Å². The van der Waals surface area contributed by atoms with Crippen LogP contribution in [0.3, 0.4) is 0 Å². The molecule has 18 heavy (non-hydrogen) atoms. The summed E-state index contributed by atoms with van der Waals surface area (Å²) in [5.41, 5.74) is 7.17. The zero-order valence-corrected chi connectivity index (χ0v) is 9.97. The van der Waals surface area contributed by atoms with Crippen LogP contribution < -0.4 is 5.73 Å². The first kappa shape index (κ1) is 12.0. The SMILES string of the molecule is Cc1cc2c(C(N)=O)nn(CC(=O)O)c2c(C)n1. The Hall–Kier alpha value is -2.44. The van der Waals surface area contributed by atoms with E-state index >= 15 is 0 Å². The third kappa shape index (κ3) is 1.90. The summed E-state index contributed by atoms with van der Waals surface area (Å²) in [6.45, 7) is 3.18. The minimum Gasteiger partial charge on any atom is -0.480 e. The number of fused-ring (bicyclic) bond motifs is 1. The molecule has 0 aliphatic carbocycles. The Balaban J connectivity index is 2.80. The van der Waals surface area contributed by atoms with Gasteiger partial charge in [0.25, 0.3) is 5.91 Å². The summed E-state index contributed by atoms with van der Waals surface area (Å²) in [4.78, 5) is 26.3.